The molecule has 0 spiro atoms. The zero-order valence-corrected chi connectivity index (χ0v) is 19.8. The van der Waals surface area contributed by atoms with Gasteiger partial charge in [0.1, 0.15) is 0 Å². The van der Waals surface area contributed by atoms with Gasteiger partial charge in [0, 0.05) is 18.4 Å². The number of hydrogen-bond acceptors (Lipinski definition) is 2. The average molecular weight is 454 g/mol. The van der Waals surface area contributed by atoms with Crippen molar-refractivity contribution >= 4 is 7.92 Å². The fourth-order valence-electron chi connectivity index (χ4n) is 3.02. The molecule has 1 aromatic heterocycles. The Kier molecular flexibility index (Phi) is 13.4. The van der Waals surface area contributed by atoms with Crippen LogP contribution in [0.1, 0.15) is 69.6 Å². The van der Waals surface area contributed by atoms with Crippen LogP contribution < -0.4 is 0 Å². The van der Waals surface area contributed by atoms with Gasteiger partial charge in [-0.2, -0.15) is 0 Å². The van der Waals surface area contributed by atoms with Crippen molar-refractivity contribution in [3.8, 4) is 0 Å². The quantitative estimate of drug-likeness (QED) is 0.240. The molecule has 1 heterocycles. The molecular formula is C20H37N2OPRu. The summed E-state index contributed by atoms with van der Waals surface area (Å²) in [6.07, 6.45) is 1.12. The second-order valence-corrected chi connectivity index (χ2v) is 11.9. The van der Waals surface area contributed by atoms with Crippen LogP contribution in [0.3, 0.4) is 0 Å². The van der Waals surface area contributed by atoms with Gasteiger partial charge in [-0.05, 0) is 35.5 Å². The van der Waals surface area contributed by atoms with E-state index in [9.17, 15) is 0 Å². The summed E-state index contributed by atoms with van der Waals surface area (Å²) in [7, 11) is -0.135. The molecule has 0 radical (unpaired) electrons. The van der Waals surface area contributed by atoms with E-state index in [1.165, 1.54) is 11.4 Å². The summed E-state index contributed by atoms with van der Waals surface area (Å²) in [5, 5.41) is 0.703. The molecule has 0 saturated carbocycles. The topological polar surface area (TPSA) is 36.0 Å². The van der Waals surface area contributed by atoms with Gasteiger partial charge in [-0.15, -0.1) is 0 Å². The maximum atomic E-state index is 7.50. The minimum absolute atomic E-state index is 0. The predicted octanol–water partition coefficient (Wildman–Crippen LogP) is 5.69. The van der Waals surface area contributed by atoms with Gasteiger partial charge in [0.25, 0.3) is 0 Å². The van der Waals surface area contributed by atoms with E-state index in [-0.39, 0.29) is 30.3 Å². The number of aromatic nitrogens is 1. The Morgan fingerprint density at radius 2 is 1.44 bits per heavy atom. The van der Waals surface area contributed by atoms with Gasteiger partial charge < -0.3 is 2.85 Å². The molecule has 1 rings (SSSR count). The summed E-state index contributed by atoms with van der Waals surface area (Å²) in [5.41, 5.74) is 2.47. The summed E-state index contributed by atoms with van der Waals surface area (Å²) in [5.74, 6) is 0. The maximum Gasteiger partial charge on any atom is 2.00 e. The molecule has 0 N–H and O–H groups in total. The molecule has 0 aliphatic heterocycles. The molecule has 25 heavy (non-hydrogen) atoms. The van der Waals surface area contributed by atoms with E-state index in [0.29, 0.717) is 10.3 Å². The van der Waals surface area contributed by atoms with Crippen LogP contribution in [0.25, 0.3) is 0 Å². The molecule has 0 bridgehead atoms. The summed E-state index contributed by atoms with van der Waals surface area (Å²) in [4.78, 5) is 7.37. The fraction of sp³-hybridized carbons (Fsp3) is 0.700. The van der Waals surface area contributed by atoms with E-state index >= 15 is 0 Å². The monoisotopic (exact) mass is 454 g/mol. The first-order chi connectivity index (χ1) is 11.1. The fourth-order valence-corrected chi connectivity index (χ4v) is 6.49. The van der Waals surface area contributed by atoms with Crippen molar-refractivity contribution in [3.05, 3.63) is 36.2 Å². The van der Waals surface area contributed by atoms with Crippen molar-refractivity contribution in [1.29, 1.82) is 0 Å². The van der Waals surface area contributed by atoms with Gasteiger partial charge in [-0.3, -0.25) is 9.88 Å². The normalized spacial score (nSPS) is 11.7. The number of pyridine rings is 1. The van der Waals surface area contributed by atoms with E-state index in [1.54, 1.807) is 0 Å². The van der Waals surface area contributed by atoms with Crippen LogP contribution in [0.15, 0.2) is 18.2 Å². The average Bonchev–Trinajstić information content (AvgIpc) is 2.50. The van der Waals surface area contributed by atoms with Gasteiger partial charge in [0.05, 0.1) is 5.69 Å². The predicted molar refractivity (Wildman–Crippen MR) is 107 cm³/mol. The molecule has 0 saturated heterocycles. The zero-order chi connectivity index (χ0) is 19.0. The standard InChI is InChI=1S/C19H35N2P.CO.Ru.2H/c1-9-21(10-2)14-16-12-11-13-17(20-16)15-22(18(3,4)5)19(6,7)8;1-2;;;/h11-13H,9-10,14-15H2,1-8H3;;;;/q;;+2;2*-1. The van der Waals surface area contributed by atoms with E-state index in [2.05, 4.69) is 85.1 Å². The third-order valence-corrected chi connectivity index (χ3v) is 7.96. The van der Waals surface area contributed by atoms with Gasteiger partial charge in [-0.1, -0.05) is 69.4 Å². The molecule has 0 unspecified atom stereocenters. The largest absolute Gasteiger partial charge is 2.00 e. The molecule has 5 heteroatoms. The van der Waals surface area contributed by atoms with Gasteiger partial charge >= 0.3 is 30.8 Å². The summed E-state index contributed by atoms with van der Waals surface area (Å²) in [6, 6.07) is 6.55. The molecule has 0 atom stereocenters. The van der Waals surface area contributed by atoms with Crippen molar-refractivity contribution in [1.82, 2.24) is 9.88 Å². The smallest absolute Gasteiger partial charge is 1.00 e. The first-order valence-electron chi connectivity index (χ1n) is 8.73. The third kappa shape index (κ3) is 9.98. The summed E-state index contributed by atoms with van der Waals surface area (Å²) < 4.78 is 7.50. The molecule has 0 aliphatic carbocycles. The van der Waals surface area contributed by atoms with Crippen LogP contribution in [0.2, 0.25) is 0 Å². The van der Waals surface area contributed by atoms with Crippen molar-refractivity contribution in [2.24, 2.45) is 0 Å². The Bertz CT molecular complexity index is 499. The van der Waals surface area contributed by atoms with Crippen LogP contribution >= 0.6 is 7.92 Å². The summed E-state index contributed by atoms with van der Waals surface area (Å²) in [6.45, 7) is 26.3. The number of nitrogens with zero attached hydrogens (tertiary/aromatic N) is 2. The molecule has 3 nitrogen and oxygen atoms in total. The molecular weight excluding hydrogens is 416 g/mol. The van der Waals surface area contributed by atoms with Crippen molar-refractivity contribution in [2.45, 2.75) is 78.4 Å². The number of hydrogen-bond donors (Lipinski definition) is 0. The van der Waals surface area contributed by atoms with Crippen LogP contribution in [0.4, 0.5) is 0 Å². The van der Waals surface area contributed by atoms with Crippen molar-refractivity contribution < 1.29 is 27.0 Å². The second-order valence-electron chi connectivity index (χ2n) is 8.01. The van der Waals surface area contributed by atoms with E-state index < -0.39 is 0 Å². The third-order valence-electron chi connectivity index (χ3n) is 4.08. The minimum Gasteiger partial charge on any atom is -1.00 e. The second kappa shape index (κ2) is 12.3. The van der Waals surface area contributed by atoms with Gasteiger partial charge in [0.15, 0.2) is 0 Å². The van der Waals surface area contributed by atoms with Gasteiger partial charge in [0.2, 0.25) is 0 Å². The van der Waals surface area contributed by atoms with E-state index in [1.807, 2.05) is 0 Å². The molecule has 0 aliphatic rings. The first-order valence-corrected chi connectivity index (χ1v) is 10.3. The van der Waals surface area contributed by atoms with Gasteiger partial charge in [-0.25, -0.2) is 0 Å². The molecule has 0 fully saturated rings. The minimum atomic E-state index is -0.135. The molecule has 0 amide bonds. The van der Waals surface area contributed by atoms with E-state index in [4.69, 9.17) is 9.64 Å². The Balaban J connectivity index is -0.000000511. The SMILES string of the molecule is CCN(CC)Cc1cccc(CP(C(C)(C)C)C(C)(C)C)n1.[C-]#[O+].[H-].[H-].[Ru+2]. The van der Waals surface area contributed by atoms with Crippen LogP contribution in [0, 0.1) is 6.65 Å². The maximum absolute atomic E-state index is 7.50. The Labute approximate surface area is 172 Å². The van der Waals surface area contributed by atoms with Crippen LogP contribution in [-0.2, 0) is 36.8 Å². The molecule has 1 aromatic rings. The zero-order valence-electron chi connectivity index (χ0n) is 19.2. The number of rotatable bonds is 6. The molecule has 0 aromatic carbocycles. The first kappa shape index (κ1) is 27.1. The Morgan fingerprint density at radius 3 is 1.84 bits per heavy atom. The van der Waals surface area contributed by atoms with E-state index in [0.717, 1.165) is 25.8 Å². The Hall–Kier alpha value is -0.0966. The molecule has 146 valence electrons. The Morgan fingerprint density at radius 1 is 1.00 bits per heavy atom. The van der Waals surface area contributed by atoms with Crippen LogP contribution in [0.5, 0.6) is 0 Å². The summed E-state index contributed by atoms with van der Waals surface area (Å²) >= 11 is 0. The van der Waals surface area contributed by atoms with Crippen molar-refractivity contribution in [2.75, 3.05) is 13.1 Å². The van der Waals surface area contributed by atoms with Crippen molar-refractivity contribution in [3.63, 3.8) is 0 Å². The van der Waals surface area contributed by atoms with Crippen LogP contribution in [-0.4, -0.2) is 33.3 Å².